The number of hydrogen-bond donors (Lipinski definition) is 3. The van der Waals surface area contributed by atoms with Crippen LogP contribution in [-0.4, -0.2) is 18.3 Å². The Labute approximate surface area is 141 Å². The van der Waals surface area contributed by atoms with Gasteiger partial charge in [0.1, 0.15) is 0 Å². The second kappa shape index (κ2) is 7.56. The van der Waals surface area contributed by atoms with Gasteiger partial charge >= 0.3 is 12.4 Å². The number of hydrogen-bond acceptors (Lipinski definition) is 3. The van der Waals surface area contributed by atoms with Gasteiger partial charge in [-0.3, -0.25) is 4.79 Å². The molecule has 0 saturated carbocycles. The first kappa shape index (κ1) is 18.1. The third-order valence-corrected chi connectivity index (χ3v) is 2.82. The van der Waals surface area contributed by atoms with Crippen molar-refractivity contribution in [2.75, 3.05) is 16.0 Å². The van der Waals surface area contributed by atoms with Crippen LogP contribution in [0, 0.1) is 0 Å². The first-order valence-corrected chi connectivity index (χ1v) is 7.03. The third kappa shape index (κ3) is 6.05. The van der Waals surface area contributed by atoms with Crippen LogP contribution in [0.3, 0.4) is 0 Å². The predicted molar refractivity (Wildman–Crippen MR) is 86.5 cm³/mol. The Balaban J connectivity index is 2.02. The van der Waals surface area contributed by atoms with E-state index in [4.69, 9.17) is 0 Å². The summed E-state index contributed by atoms with van der Waals surface area (Å²) < 4.78 is 40.9. The quantitative estimate of drug-likeness (QED) is 0.771. The third-order valence-electron chi connectivity index (χ3n) is 2.82. The van der Waals surface area contributed by atoms with Crippen LogP contribution in [0.15, 0.2) is 48.5 Å². The highest BCUT2D eigenvalue weighted by molar-refractivity contribution is 6.00. The number of carbonyl (C=O) groups excluding carboxylic acids is 2. The summed E-state index contributed by atoms with van der Waals surface area (Å²) in [5.41, 5.74) is 0.801. The Morgan fingerprint density at radius 3 is 2.00 bits per heavy atom. The largest absolute Gasteiger partial charge is 0.573 e. The monoisotopic (exact) mass is 353 g/mol. The highest BCUT2D eigenvalue weighted by Crippen LogP contribution is 2.30. The minimum Gasteiger partial charge on any atom is -0.404 e. The van der Waals surface area contributed by atoms with E-state index in [1.807, 2.05) is 0 Å². The number of rotatable bonds is 4. The molecule has 25 heavy (non-hydrogen) atoms. The molecule has 0 aliphatic heterocycles. The second-order valence-corrected chi connectivity index (χ2v) is 4.88. The molecule has 2 aromatic carbocycles. The molecular formula is C16H14F3N3O3. The molecule has 6 nitrogen and oxygen atoms in total. The molecule has 132 valence electrons. The lowest BCUT2D eigenvalue weighted by molar-refractivity contribution is -0.274. The summed E-state index contributed by atoms with van der Waals surface area (Å²) in [7, 11) is 0. The average Bonchev–Trinajstić information content (AvgIpc) is 2.49. The normalized spacial score (nSPS) is 10.7. The van der Waals surface area contributed by atoms with Gasteiger partial charge in [-0.15, -0.1) is 13.2 Å². The minimum atomic E-state index is -4.87. The van der Waals surface area contributed by atoms with Crippen LogP contribution in [-0.2, 0) is 4.79 Å². The van der Waals surface area contributed by atoms with Gasteiger partial charge in [-0.2, -0.15) is 0 Å². The predicted octanol–water partition coefficient (Wildman–Crippen LogP) is 4.19. The van der Waals surface area contributed by atoms with E-state index < -0.39 is 18.1 Å². The van der Waals surface area contributed by atoms with Gasteiger partial charge in [0.05, 0.1) is 5.69 Å². The van der Waals surface area contributed by atoms with Crippen molar-refractivity contribution in [2.24, 2.45) is 0 Å². The van der Waals surface area contributed by atoms with Crippen molar-refractivity contribution < 1.29 is 27.5 Å². The summed E-state index contributed by atoms with van der Waals surface area (Å²) in [5, 5.41) is 7.31. The Kier molecular flexibility index (Phi) is 5.48. The number of carbonyl (C=O) groups is 2. The van der Waals surface area contributed by atoms with E-state index in [1.165, 1.54) is 37.3 Å². The van der Waals surface area contributed by atoms with Crippen LogP contribution < -0.4 is 20.7 Å². The van der Waals surface area contributed by atoms with E-state index in [9.17, 15) is 22.8 Å². The summed E-state index contributed by atoms with van der Waals surface area (Å²) in [5.74, 6) is -0.758. The molecule has 0 spiro atoms. The number of para-hydroxylation sites is 2. The molecule has 3 amide bonds. The SMILES string of the molecule is CC(=O)Nc1ccc(NC(=O)Nc2ccccc2OC(F)(F)F)cc1. The van der Waals surface area contributed by atoms with Crippen molar-refractivity contribution in [1.82, 2.24) is 0 Å². The highest BCUT2D eigenvalue weighted by Gasteiger charge is 2.32. The summed E-state index contributed by atoms with van der Waals surface area (Å²) in [4.78, 5) is 22.9. The number of nitrogens with one attached hydrogen (secondary N) is 3. The molecule has 2 rings (SSSR count). The number of halogens is 3. The lowest BCUT2D eigenvalue weighted by Crippen LogP contribution is -2.22. The fourth-order valence-corrected chi connectivity index (χ4v) is 1.91. The lowest BCUT2D eigenvalue weighted by Gasteiger charge is -2.14. The van der Waals surface area contributed by atoms with Gasteiger partial charge in [0.15, 0.2) is 5.75 Å². The molecule has 0 heterocycles. The second-order valence-electron chi connectivity index (χ2n) is 4.88. The fourth-order valence-electron chi connectivity index (χ4n) is 1.91. The van der Waals surface area contributed by atoms with E-state index >= 15 is 0 Å². The number of ether oxygens (including phenoxy) is 1. The molecule has 0 aliphatic carbocycles. The Morgan fingerprint density at radius 2 is 1.44 bits per heavy atom. The molecule has 9 heteroatoms. The fraction of sp³-hybridized carbons (Fsp3) is 0.125. The van der Waals surface area contributed by atoms with Crippen LogP contribution in [0.25, 0.3) is 0 Å². The molecule has 3 N–H and O–H groups in total. The zero-order valence-electron chi connectivity index (χ0n) is 13.0. The minimum absolute atomic E-state index is 0.132. The van der Waals surface area contributed by atoms with Crippen LogP contribution in [0.5, 0.6) is 5.75 Å². The maximum absolute atomic E-state index is 12.4. The first-order valence-electron chi connectivity index (χ1n) is 7.03. The van der Waals surface area contributed by atoms with Gasteiger partial charge in [-0.05, 0) is 36.4 Å². The van der Waals surface area contributed by atoms with E-state index in [-0.39, 0.29) is 11.6 Å². The average molecular weight is 353 g/mol. The first-order chi connectivity index (χ1) is 11.7. The Morgan fingerprint density at radius 1 is 0.880 bits per heavy atom. The summed E-state index contributed by atoms with van der Waals surface area (Å²) in [6.07, 6.45) is -4.87. The molecule has 0 bridgehead atoms. The van der Waals surface area contributed by atoms with Crippen LogP contribution in [0.1, 0.15) is 6.92 Å². The van der Waals surface area contributed by atoms with E-state index in [0.717, 1.165) is 6.07 Å². The van der Waals surface area contributed by atoms with E-state index in [2.05, 4.69) is 20.7 Å². The zero-order valence-corrected chi connectivity index (χ0v) is 13.0. The number of alkyl halides is 3. The molecule has 0 radical (unpaired) electrons. The smallest absolute Gasteiger partial charge is 0.404 e. The summed E-state index contributed by atoms with van der Waals surface area (Å²) >= 11 is 0. The van der Waals surface area contributed by atoms with Crippen molar-refractivity contribution in [3.63, 3.8) is 0 Å². The highest BCUT2D eigenvalue weighted by atomic mass is 19.4. The van der Waals surface area contributed by atoms with Gasteiger partial charge in [0.2, 0.25) is 5.91 Å². The van der Waals surface area contributed by atoms with Gasteiger partial charge < -0.3 is 20.7 Å². The number of amides is 3. The lowest BCUT2D eigenvalue weighted by atomic mass is 10.2. The number of urea groups is 1. The van der Waals surface area contributed by atoms with Crippen molar-refractivity contribution in [1.29, 1.82) is 0 Å². The van der Waals surface area contributed by atoms with Crippen LogP contribution in [0.2, 0.25) is 0 Å². The zero-order chi connectivity index (χ0) is 18.4. The van der Waals surface area contributed by atoms with Gasteiger partial charge in [-0.25, -0.2) is 4.79 Å². The Bertz CT molecular complexity index is 761. The van der Waals surface area contributed by atoms with Crippen molar-refractivity contribution in [2.45, 2.75) is 13.3 Å². The van der Waals surface area contributed by atoms with Gasteiger partial charge in [0, 0.05) is 18.3 Å². The standard InChI is InChI=1S/C16H14F3N3O3/c1-10(23)20-11-6-8-12(9-7-11)21-15(24)22-13-4-2-3-5-14(13)25-16(17,18)19/h2-9H,1H3,(H,20,23)(H2,21,22,24). The number of anilines is 3. The molecule has 0 unspecified atom stereocenters. The van der Waals surface area contributed by atoms with Crippen molar-refractivity contribution >= 4 is 29.0 Å². The molecule has 0 aliphatic rings. The van der Waals surface area contributed by atoms with Crippen LogP contribution in [0.4, 0.5) is 35.0 Å². The molecule has 0 aromatic heterocycles. The molecule has 0 atom stereocenters. The van der Waals surface area contributed by atoms with Crippen LogP contribution >= 0.6 is 0 Å². The molecular weight excluding hydrogens is 339 g/mol. The van der Waals surface area contributed by atoms with E-state index in [1.54, 1.807) is 12.1 Å². The summed E-state index contributed by atoms with van der Waals surface area (Å²) in [6, 6.07) is 10.6. The van der Waals surface area contributed by atoms with Gasteiger partial charge in [-0.1, -0.05) is 12.1 Å². The maximum Gasteiger partial charge on any atom is 0.573 e. The topological polar surface area (TPSA) is 79.5 Å². The van der Waals surface area contributed by atoms with Crippen molar-refractivity contribution in [3.8, 4) is 5.75 Å². The molecule has 0 fully saturated rings. The maximum atomic E-state index is 12.4. The Hall–Kier alpha value is -3.23. The molecule has 2 aromatic rings. The molecule has 0 saturated heterocycles. The van der Waals surface area contributed by atoms with Crippen molar-refractivity contribution in [3.05, 3.63) is 48.5 Å². The van der Waals surface area contributed by atoms with E-state index in [0.29, 0.717) is 11.4 Å². The van der Waals surface area contributed by atoms with Gasteiger partial charge in [0.25, 0.3) is 0 Å². The summed E-state index contributed by atoms with van der Waals surface area (Å²) in [6.45, 7) is 1.36. The number of benzene rings is 2.